The van der Waals surface area contributed by atoms with Crippen molar-refractivity contribution in [1.82, 2.24) is 10.2 Å². The molecule has 0 aromatic rings. The smallest absolute Gasteiger partial charge is 0.323 e. The lowest BCUT2D eigenvalue weighted by molar-refractivity contribution is -0.140. The minimum absolute atomic E-state index is 0.324. The van der Waals surface area contributed by atoms with Crippen LogP contribution >= 0.6 is 0 Å². The van der Waals surface area contributed by atoms with Gasteiger partial charge in [-0.1, -0.05) is 12.2 Å². The number of carbonyl (C=O) groups excluding carboxylic acids is 1. The molecule has 19 heavy (non-hydrogen) atoms. The number of rotatable bonds is 6. The summed E-state index contributed by atoms with van der Waals surface area (Å²) in [7, 11) is 0. The van der Waals surface area contributed by atoms with Crippen LogP contribution in [0.1, 0.15) is 19.3 Å². The maximum Gasteiger partial charge on any atom is 0.323 e. The molecule has 2 amide bonds. The molecule has 1 unspecified atom stereocenters. The second-order valence-corrected chi connectivity index (χ2v) is 4.48. The zero-order chi connectivity index (χ0) is 14.3. The molecule has 0 radical (unpaired) electrons. The largest absolute Gasteiger partial charge is 0.480 e. The fraction of sp³-hybridized carbons (Fsp3) is 0.583. The highest BCUT2D eigenvalue weighted by Crippen LogP contribution is 2.16. The van der Waals surface area contributed by atoms with Gasteiger partial charge in [0.15, 0.2) is 0 Å². The maximum absolute atomic E-state index is 11.7. The molecule has 106 valence electrons. The van der Waals surface area contributed by atoms with E-state index in [0.717, 1.165) is 24.2 Å². The molecule has 0 spiro atoms. The monoisotopic (exact) mass is 270 g/mol. The predicted octanol–water partition coefficient (Wildman–Crippen LogP) is 0.523. The van der Waals surface area contributed by atoms with Gasteiger partial charge in [-0.2, -0.15) is 0 Å². The summed E-state index contributed by atoms with van der Waals surface area (Å²) in [5.41, 5.74) is 0. The summed E-state index contributed by atoms with van der Waals surface area (Å²) in [6.45, 7) is -0.815. The molecular formula is C12H18N2O5. The molecule has 7 nitrogen and oxygen atoms in total. The van der Waals surface area contributed by atoms with E-state index in [1.807, 2.05) is 6.08 Å². The number of nitrogens with one attached hydrogen (secondary N) is 1. The molecule has 0 aromatic carbocycles. The van der Waals surface area contributed by atoms with E-state index < -0.39 is 31.1 Å². The molecule has 0 saturated carbocycles. The van der Waals surface area contributed by atoms with E-state index in [1.165, 1.54) is 0 Å². The van der Waals surface area contributed by atoms with E-state index in [0.29, 0.717) is 12.5 Å². The standard InChI is InChI=1S/C12H18N2O5/c15-10(16)7-14(8-11(17)18)12(19)13-6-9-4-2-1-3-5-9/h1-2,9H,3-8H2,(H,13,19)(H,15,16)(H,17,18). The van der Waals surface area contributed by atoms with Crippen LogP contribution in [0.15, 0.2) is 12.2 Å². The van der Waals surface area contributed by atoms with Gasteiger partial charge in [0.25, 0.3) is 0 Å². The van der Waals surface area contributed by atoms with Gasteiger partial charge >= 0.3 is 18.0 Å². The Hall–Kier alpha value is -2.05. The molecule has 1 atom stereocenters. The van der Waals surface area contributed by atoms with Crippen LogP contribution in [0, 0.1) is 5.92 Å². The predicted molar refractivity (Wildman–Crippen MR) is 66.7 cm³/mol. The van der Waals surface area contributed by atoms with Gasteiger partial charge in [-0.05, 0) is 25.2 Å². The molecule has 0 aromatic heterocycles. The van der Waals surface area contributed by atoms with Crippen molar-refractivity contribution in [2.24, 2.45) is 5.92 Å². The van der Waals surface area contributed by atoms with Crippen molar-refractivity contribution in [2.45, 2.75) is 19.3 Å². The number of urea groups is 1. The molecule has 0 aliphatic heterocycles. The molecular weight excluding hydrogens is 252 g/mol. The zero-order valence-corrected chi connectivity index (χ0v) is 10.5. The zero-order valence-electron chi connectivity index (χ0n) is 10.5. The molecule has 1 aliphatic rings. The number of carboxylic acids is 2. The van der Waals surface area contributed by atoms with Gasteiger partial charge in [0.2, 0.25) is 0 Å². The van der Waals surface area contributed by atoms with Crippen molar-refractivity contribution < 1.29 is 24.6 Å². The highest BCUT2D eigenvalue weighted by atomic mass is 16.4. The van der Waals surface area contributed by atoms with E-state index >= 15 is 0 Å². The Morgan fingerprint density at radius 1 is 1.16 bits per heavy atom. The quantitative estimate of drug-likeness (QED) is 0.610. The van der Waals surface area contributed by atoms with Crippen molar-refractivity contribution >= 4 is 18.0 Å². The van der Waals surface area contributed by atoms with Gasteiger partial charge in [0, 0.05) is 6.54 Å². The Morgan fingerprint density at radius 3 is 2.26 bits per heavy atom. The van der Waals surface area contributed by atoms with Crippen molar-refractivity contribution in [1.29, 1.82) is 0 Å². The fourth-order valence-electron chi connectivity index (χ4n) is 1.91. The first-order valence-electron chi connectivity index (χ1n) is 6.10. The summed E-state index contributed by atoms with van der Waals surface area (Å²) in [6, 6.07) is -0.653. The highest BCUT2D eigenvalue weighted by Gasteiger charge is 2.20. The Balaban J connectivity index is 2.43. The van der Waals surface area contributed by atoms with Gasteiger partial charge in [-0.25, -0.2) is 4.79 Å². The van der Waals surface area contributed by atoms with Gasteiger partial charge in [0.1, 0.15) is 13.1 Å². The van der Waals surface area contributed by atoms with Crippen LogP contribution in [0.25, 0.3) is 0 Å². The van der Waals surface area contributed by atoms with Crippen LogP contribution in [0.5, 0.6) is 0 Å². The van der Waals surface area contributed by atoms with E-state index in [2.05, 4.69) is 11.4 Å². The minimum atomic E-state index is -1.24. The number of allylic oxidation sites excluding steroid dienone is 2. The molecule has 0 saturated heterocycles. The van der Waals surface area contributed by atoms with Crippen LogP contribution in [-0.4, -0.2) is 52.7 Å². The topological polar surface area (TPSA) is 107 Å². The Bertz CT molecular complexity index is 364. The van der Waals surface area contributed by atoms with E-state index in [1.54, 1.807) is 0 Å². The fourth-order valence-corrected chi connectivity index (χ4v) is 1.91. The number of amides is 2. The van der Waals surface area contributed by atoms with E-state index in [9.17, 15) is 14.4 Å². The normalized spacial score (nSPS) is 17.8. The Kier molecular flexibility index (Phi) is 5.84. The van der Waals surface area contributed by atoms with Crippen LogP contribution in [0.3, 0.4) is 0 Å². The summed E-state index contributed by atoms with van der Waals surface area (Å²) in [6.07, 6.45) is 6.94. The maximum atomic E-state index is 11.7. The third-order valence-corrected chi connectivity index (χ3v) is 2.86. The van der Waals surface area contributed by atoms with Gasteiger partial charge < -0.3 is 20.4 Å². The van der Waals surface area contributed by atoms with Gasteiger partial charge in [-0.15, -0.1) is 0 Å². The lowest BCUT2D eigenvalue weighted by atomic mass is 9.94. The van der Waals surface area contributed by atoms with E-state index in [-0.39, 0.29) is 0 Å². The van der Waals surface area contributed by atoms with E-state index in [4.69, 9.17) is 10.2 Å². The molecule has 0 heterocycles. The number of nitrogens with zero attached hydrogens (tertiary/aromatic N) is 1. The second-order valence-electron chi connectivity index (χ2n) is 4.48. The summed E-state index contributed by atoms with van der Waals surface area (Å²) in [5.74, 6) is -2.15. The first kappa shape index (κ1) is 15.0. The SMILES string of the molecule is O=C(O)CN(CC(=O)O)C(=O)NCC1CC=CCC1. The molecule has 1 rings (SSSR count). The number of carbonyl (C=O) groups is 3. The van der Waals surface area contributed by atoms with Gasteiger partial charge in [0.05, 0.1) is 0 Å². The van der Waals surface area contributed by atoms with Crippen molar-refractivity contribution in [3.63, 3.8) is 0 Å². The summed E-state index contributed by atoms with van der Waals surface area (Å²) in [5, 5.41) is 19.9. The highest BCUT2D eigenvalue weighted by molar-refractivity contribution is 5.84. The number of carboxylic acid groups (broad SMARTS) is 2. The Morgan fingerprint density at radius 2 is 1.79 bits per heavy atom. The van der Waals surface area contributed by atoms with Crippen LogP contribution in [0.4, 0.5) is 4.79 Å². The van der Waals surface area contributed by atoms with Gasteiger partial charge in [-0.3, -0.25) is 9.59 Å². The summed E-state index contributed by atoms with van der Waals surface area (Å²) < 4.78 is 0. The number of aliphatic carboxylic acids is 2. The van der Waals surface area contributed by atoms with Crippen molar-refractivity contribution in [3.05, 3.63) is 12.2 Å². The molecule has 0 fully saturated rings. The van der Waals surface area contributed by atoms with Crippen LogP contribution in [-0.2, 0) is 9.59 Å². The van der Waals surface area contributed by atoms with Crippen molar-refractivity contribution in [3.8, 4) is 0 Å². The molecule has 3 N–H and O–H groups in total. The van der Waals surface area contributed by atoms with Crippen molar-refractivity contribution in [2.75, 3.05) is 19.6 Å². The second kappa shape index (κ2) is 7.40. The third-order valence-electron chi connectivity index (χ3n) is 2.86. The lowest BCUT2D eigenvalue weighted by Crippen LogP contribution is -2.46. The minimum Gasteiger partial charge on any atom is -0.480 e. The number of hydrogen-bond donors (Lipinski definition) is 3. The molecule has 7 heteroatoms. The average molecular weight is 270 g/mol. The summed E-state index contributed by atoms with van der Waals surface area (Å²) in [4.78, 5) is 33.6. The number of hydrogen-bond acceptors (Lipinski definition) is 3. The Labute approximate surface area is 110 Å². The van der Waals surface area contributed by atoms with Crippen LogP contribution in [0.2, 0.25) is 0 Å². The first-order chi connectivity index (χ1) is 8.99. The lowest BCUT2D eigenvalue weighted by Gasteiger charge is -2.22. The molecule has 0 bridgehead atoms. The first-order valence-corrected chi connectivity index (χ1v) is 6.10. The van der Waals surface area contributed by atoms with Crippen LogP contribution < -0.4 is 5.32 Å². The molecule has 1 aliphatic carbocycles. The third kappa shape index (κ3) is 5.89. The summed E-state index contributed by atoms with van der Waals surface area (Å²) >= 11 is 0. The average Bonchev–Trinajstić information content (AvgIpc) is 2.35.